The predicted octanol–water partition coefficient (Wildman–Crippen LogP) is 3.49. The van der Waals surface area contributed by atoms with Gasteiger partial charge in [0.1, 0.15) is 6.54 Å². The van der Waals surface area contributed by atoms with E-state index in [0.29, 0.717) is 13.0 Å². The van der Waals surface area contributed by atoms with Gasteiger partial charge in [-0.15, -0.1) is 0 Å². The Kier molecular flexibility index (Phi) is 5.11. The normalized spacial score (nSPS) is 25.7. The highest BCUT2D eigenvalue weighted by Crippen LogP contribution is 2.40. The molecule has 0 radical (unpaired) electrons. The first-order valence-electron chi connectivity index (χ1n) is 7.97. The molecule has 0 spiro atoms. The van der Waals surface area contributed by atoms with Crippen molar-refractivity contribution in [1.29, 1.82) is 0 Å². The molecule has 2 rings (SSSR count). The maximum atomic E-state index is 10.9. The molecule has 2 aliphatic rings. The molecule has 0 unspecified atom stereocenters. The van der Waals surface area contributed by atoms with Gasteiger partial charge in [0.25, 0.3) is 10.1 Å². The maximum Gasteiger partial charge on any atom is 0.265 e. The van der Waals surface area contributed by atoms with Crippen LogP contribution < -0.4 is 0 Å². The van der Waals surface area contributed by atoms with Crippen LogP contribution in [0, 0.1) is 5.41 Å². The lowest BCUT2D eigenvalue weighted by molar-refractivity contribution is -0.464. The second kappa shape index (κ2) is 6.57. The van der Waals surface area contributed by atoms with Crippen LogP contribution in [-0.2, 0) is 10.1 Å². The number of nitrogens with zero attached hydrogens (tertiary/aromatic N) is 1. The molecule has 5 heteroatoms. The van der Waals surface area contributed by atoms with Gasteiger partial charge in [0.15, 0.2) is 6.21 Å². The van der Waals surface area contributed by atoms with E-state index in [4.69, 9.17) is 4.55 Å². The van der Waals surface area contributed by atoms with E-state index >= 15 is 0 Å². The molecule has 0 atom stereocenters. The zero-order valence-corrected chi connectivity index (χ0v) is 15.2. The van der Waals surface area contributed by atoms with Gasteiger partial charge in [-0.3, -0.25) is 4.55 Å². The summed E-state index contributed by atoms with van der Waals surface area (Å²) in [6.07, 6.45) is 12.1. The second-order valence-corrected chi connectivity index (χ2v) is 8.32. The van der Waals surface area contributed by atoms with E-state index in [1.54, 1.807) is 0 Å². The third-order valence-electron chi connectivity index (χ3n) is 4.28. The third-order valence-corrected chi connectivity index (χ3v) is 5.08. The minimum atomic E-state index is -3.90. The Balaban J connectivity index is 2.28. The molecule has 0 bridgehead atoms. The van der Waals surface area contributed by atoms with Gasteiger partial charge in [0.05, 0.1) is 11.2 Å². The number of rotatable bonds is 4. The van der Waals surface area contributed by atoms with Crippen LogP contribution in [0.1, 0.15) is 40.5 Å². The molecule has 1 N–H and O–H groups in total. The Bertz CT molecular complexity index is 747. The Hall–Kier alpha value is -1.46. The van der Waals surface area contributed by atoms with E-state index in [0.717, 1.165) is 12.1 Å². The van der Waals surface area contributed by atoms with Crippen LogP contribution in [0.15, 0.2) is 46.7 Å². The Morgan fingerprint density at radius 1 is 1.35 bits per heavy atom. The zero-order valence-electron chi connectivity index (χ0n) is 14.3. The van der Waals surface area contributed by atoms with Crippen LogP contribution in [0.25, 0.3) is 0 Å². The van der Waals surface area contributed by atoms with E-state index in [9.17, 15) is 8.42 Å². The van der Waals surface area contributed by atoms with Crippen LogP contribution in [-0.4, -0.2) is 36.1 Å². The molecule has 0 aromatic heterocycles. The van der Waals surface area contributed by atoms with Crippen LogP contribution >= 0.6 is 0 Å². The van der Waals surface area contributed by atoms with Crippen molar-refractivity contribution in [3.63, 3.8) is 0 Å². The van der Waals surface area contributed by atoms with Crippen molar-refractivity contribution < 1.29 is 17.5 Å². The lowest BCUT2D eigenvalue weighted by Gasteiger charge is -2.18. The summed E-state index contributed by atoms with van der Waals surface area (Å²) in [6.45, 7) is 9.05. The van der Waals surface area contributed by atoms with E-state index < -0.39 is 10.1 Å². The summed E-state index contributed by atoms with van der Waals surface area (Å²) in [7, 11) is -3.90. The molecule has 1 aliphatic carbocycles. The molecule has 1 aliphatic heterocycles. The first-order valence-corrected chi connectivity index (χ1v) is 9.58. The fourth-order valence-electron chi connectivity index (χ4n) is 3.31. The van der Waals surface area contributed by atoms with Crippen molar-refractivity contribution in [1.82, 2.24) is 0 Å². The van der Waals surface area contributed by atoms with Crippen LogP contribution in [0.3, 0.4) is 0 Å². The van der Waals surface area contributed by atoms with E-state index in [1.807, 2.05) is 6.92 Å². The van der Waals surface area contributed by atoms with Gasteiger partial charge in [0.2, 0.25) is 5.70 Å². The highest BCUT2D eigenvalue weighted by atomic mass is 32.2. The van der Waals surface area contributed by atoms with Gasteiger partial charge in [0, 0.05) is 12.0 Å². The monoisotopic (exact) mass is 336 g/mol. The van der Waals surface area contributed by atoms with Crippen molar-refractivity contribution in [2.45, 2.75) is 40.5 Å². The second-order valence-electron chi connectivity index (χ2n) is 6.74. The maximum absolute atomic E-state index is 10.9. The Labute approximate surface area is 139 Å². The quantitative estimate of drug-likeness (QED) is 0.631. The smallest absolute Gasteiger partial charge is 0.265 e. The average Bonchev–Trinajstić information content (AvgIpc) is 2.68. The fraction of sp³-hybridized carbons (Fsp3) is 0.500. The third kappa shape index (κ3) is 4.30. The molecule has 23 heavy (non-hydrogen) atoms. The Morgan fingerprint density at radius 3 is 2.57 bits per heavy atom. The highest BCUT2D eigenvalue weighted by molar-refractivity contribution is 7.85. The van der Waals surface area contributed by atoms with Crippen molar-refractivity contribution in [3.8, 4) is 0 Å². The molecular weight excluding hydrogens is 310 g/mol. The van der Waals surface area contributed by atoms with Crippen molar-refractivity contribution >= 4 is 16.3 Å². The molecular formula is C18H26NO3S+. The fourth-order valence-corrected chi connectivity index (χ4v) is 3.81. The number of hydrogen-bond acceptors (Lipinski definition) is 2. The summed E-state index contributed by atoms with van der Waals surface area (Å²) in [4.78, 5) is 0. The van der Waals surface area contributed by atoms with Crippen molar-refractivity contribution in [2.24, 2.45) is 5.41 Å². The van der Waals surface area contributed by atoms with Gasteiger partial charge in [-0.1, -0.05) is 23.8 Å². The predicted molar refractivity (Wildman–Crippen MR) is 94.3 cm³/mol. The SMILES string of the molecule is CC=C1/C(=C2/C=CC(C)=CC2)C(C)(C)C=[N+]1CCCS(=O)(=O)O. The first kappa shape index (κ1) is 17.9. The topological polar surface area (TPSA) is 57.4 Å². The largest absolute Gasteiger partial charge is 0.286 e. The first-order chi connectivity index (χ1) is 10.6. The summed E-state index contributed by atoms with van der Waals surface area (Å²) in [5.74, 6) is -0.206. The van der Waals surface area contributed by atoms with E-state index in [1.165, 1.54) is 16.7 Å². The molecule has 126 valence electrons. The minimum absolute atomic E-state index is 0.0985. The highest BCUT2D eigenvalue weighted by Gasteiger charge is 2.41. The van der Waals surface area contributed by atoms with Crippen LogP contribution in [0.5, 0.6) is 0 Å². The Morgan fingerprint density at radius 2 is 2.04 bits per heavy atom. The lowest BCUT2D eigenvalue weighted by Crippen LogP contribution is -2.15. The summed E-state index contributed by atoms with van der Waals surface area (Å²) < 4.78 is 32.8. The molecule has 0 aromatic carbocycles. The van der Waals surface area contributed by atoms with Crippen LogP contribution in [0.4, 0.5) is 0 Å². The molecule has 0 fully saturated rings. The van der Waals surface area contributed by atoms with Gasteiger partial charge in [-0.2, -0.15) is 8.42 Å². The standard InChI is InChI=1S/C18H25NO3S/c1-5-16-17(15-9-7-14(2)8-10-15)18(3,4)13-19(16)11-6-12-23(20,21)22/h5,7-9,13H,6,10-12H2,1-4H3/p+1/b16-5?,17-15+. The zero-order chi connectivity index (χ0) is 17.3. The minimum Gasteiger partial charge on any atom is -0.286 e. The molecule has 4 nitrogen and oxygen atoms in total. The molecule has 0 saturated heterocycles. The summed E-state index contributed by atoms with van der Waals surface area (Å²) in [6, 6.07) is 0. The average molecular weight is 336 g/mol. The summed E-state index contributed by atoms with van der Waals surface area (Å²) in [5, 5.41) is 0. The van der Waals surface area contributed by atoms with Crippen molar-refractivity contribution in [2.75, 3.05) is 12.3 Å². The van der Waals surface area contributed by atoms with Gasteiger partial charge < -0.3 is 0 Å². The number of hydrogen-bond donors (Lipinski definition) is 1. The molecule has 0 saturated carbocycles. The van der Waals surface area contributed by atoms with E-state index in [-0.39, 0.29) is 11.2 Å². The molecule has 0 aromatic rings. The van der Waals surface area contributed by atoms with Gasteiger partial charge in [-0.25, -0.2) is 4.58 Å². The van der Waals surface area contributed by atoms with Gasteiger partial charge in [-0.05, 0) is 45.8 Å². The van der Waals surface area contributed by atoms with Gasteiger partial charge >= 0.3 is 0 Å². The summed E-state index contributed by atoms with van der Waals surface area (Å²) >= 11 is 0. The molecule has 1 heterocycles. The lowest BCUT2D eigenvalue weighted by atomic mass is 9.81. The number of allylic oxidation sites excluding steroid dienone is 7. The summed E-state index contributed by atoms with van der Waals surface area (Å²) in [5.41, 5.74) is 4.92. The molecule has 0 amide bonds. The van der Waals surface area contributed by atoms with Crippen LogP contribution in [0.2, 0.25) is 0 Å². The van der Waals surface area contributed by atoms with Crippen molar-refractivity contribution in [3.05, 3.63) is 46.7 Å². The van der Waals surface area contributed by atoms with E-state index in [2.05, 4.69) is 55.9 Å².